The van der Waals surface area contributed by atoms with Crippen LogP contribution in [0.25, 0.3) is 4.96 Å². The molecule has 0 atom stereocenters. The predicted octanol–water partition coefficient (Wildman–Crippen LogP) is 3.53. The molecule has 136 valence electrons. The van der Waals surface area contributed by atoms with Crippen LogP contribution in [-0.4, -0.2) is 27.1 Å². The van der Waals surface area contributed by atoms with Crippen molar-refractivity contribution in [3.8, 4) is 0 Å². The molecule has 0 bridgehead atoms. The van der Waals surface area contributed by atoms with Gasteiger partial charge in [0.15, 0.2) is 4.96 Å². The molecule has 0 aromatic carbocycles. The molecule has 5 nitrogen and oxygen atoms in total. The van der Waals surface area contributed by atoms with Crippen LogP contribution in [0.3, 0.4) is 0 Å². The van der Waals surface area contributed by atoms with Gasteiger partial charge in [-0.1, -0.05) is 32.1 Å². The summed E-state index contributed by atoms with van der Waals surface area (Å²) < 4.78 is 1.63. The normalized spacial score (nSPS) is 16.5. The molecule has 0 radical (unpaired) electrons. The highest BCUT2D eigenvalue weighted by molar-refractivity contribution is 7.99. The Hall–Kier alpha value is -1.34. The number of carbonyl (C=O) groups excluding carboxylic acids is 1. The number of amides is 1. The van der Waals surface area contributed by atoms with Crippen molar-refractivity contribution in [3.05, 3.63) is 33.2 Å². The topological polar surface area (TPSA) is 63.5 Å². The third-order valence-electron chi connectivity index (χ3n) is 4.58. The molecule has 3 rings (SSSR count). The van der Waals surface area contributed by atoms with Gasteiger partial charge in [-0.05, 0) is 19.8 Å². The molecule has 1 N–H and O–H groups in total. The highest BCUT2D eigenvalue weighted by Crippen LogP contribution is 2.18. The van der Waals surface area contributed by atoms with Gasteiger partial charge in [-0.3, -0.25) is 14.0 Å². The van der Waals surface area contributed by atoms with E-state index < -0.39 is 0 Å². The van der Waals surface area contributed by atoms with Gasteiger partial charge >= 0.3 is 0 Å². The van der Waals surface area contributed by atoms with Gasteiger partial charge < -0.3 is 5.32 Å². The van der Waals surface area contributed by atoms with Gasteiger partial charge in [0.05, 0.1) is 11.4 Å². The first kappa shape index (κ1) is 18.5. The number of hydrogen-bond donors (Lipinski definition) is 1. The predicted molar refractivity (Wildman–Crippen MR) is 104 cm³/mol. The highest BCUT2D eigenvalue weighted by atomic mass is 32.2. The fourth-order valence-electron chi connectivity index (χ4n) is 3.29. The van der Waals surface area contributed by atoms with Crippen LogP contribution < -0.4 is 10.9 Å². The van der Waals surface area contributed by atoms with Crippen molar-refractivity contribution in [1.29, 1.82) is 0 Å². The lowest BCUT2D eigenvalue weighted by atomic mass is 9.97. The van der Waals surface area contributed by atoms with Crippen molar-refractivity contribution in [2.24, 2.45) is 0 Å². The molecular weight excluding hydrogens is 354 g/mol. The molecule has 1 saturated carbocycles. The zero-order valence-electron chi connectivity index (χ0n) is 14.6. The summed E-state index contributed by atoms with van der Waals surface area (Å²) in [6.07, 6.45) is 8.53. The minimum Gasteiger partial charge on any atom is -0.353 e. The van der Waals surface area contributed by atoms with Gasteiger partial charge in [0.25, 0.3) is 5.56 Å². The molecular formula is C18H25N3O2S2. The number of carbonyl (C=O) groups is 1. The Balaban J connectivity index is 1.49. The standard InChI is InChI=1S/C18H25N3O2S2/c1-13-10-25-18-20-15(9-17(23)21(13)18)11-24-12-16(22)19-14-7-5-3-2-4-6-8-14/h9-10,14H,2-8,11-12H2,1H3,(H,19,22). The molecule has 2 aromatic rings. The van der Waals surface area contributed by atoms with E-state index in [2.05, 4.69) is 10.3 Å². The molecule has 0 aliphatic heterocycles. The molecule has 25 heavy (non-hydrogen) atoms. The summed E-state index contributed by atoms with van der Waals surface area (Å²) in [6, 6.07) is 1.91. The average Bonchev–Trinajstić information content (AvgIpc) is 2.91. The molecule has 1 aliphatic carbocycles. The number of thioether (sulfide) groups is 1. The second-order valence-electron chi connectivity index (χ2n) is 6.68. The molecule has 2 aromatic heterocycles. The molecule has 2 heterocycles. The molecule has 0 unspecified atom stereocenters. The van der Waals surface area contributed by atoms with Crippen molar-refractivity contribution >= 4 is 34.0 Å². The van der Waals surface area contributed by atoms with Crippen molar-refractivity contribution < 1.29 is 4.79 Å². The quantitative estimate of drug-likeness (QED) is 0.863. The van der Waals surface area contributed by atoms with E-state index in [1.807, 2.05) is 12.3 Å². The van der Waals surface area contributed by atoms with Crippen molar-refractivity contribution in [2.45, 2.75) is 63.7 Å². The maximum absolute atomic E-state index is 12.2. The van der Waals surface area contributed by atoms with E-state index in [1.54, 1.807) is 10.5 Å². The Bertz CT molecular complexity index is 776. The molecule has 7 heteroatoms. The Morgan fingerprint density at radius 2 is 2.04 bits per heavy atom. The van der Waals surface area contributed by atoms with Crippen LogP contribution in [0.4, 0.5) is 0 Å². The third kappa shape index (κ3) is 5.07. The highest BCUT2D eigenvalue weighted by Gasteiger charge is 2.14. The first-order valence-corrected chi connectivity index (χ1v) is 11.0. The van der Waals surface area contributed by atoms with Crippen LogP contribution in [0.1, 0.15) is 56.3 Å². The Labute approximate surface area is 156 Å². The third-order valence-corrected chi connectivity index (χ3v) is 6.49. The Morgan fingerprint density at radius 3 is 2.80 bits per heavy atom. The molecule has 0 saturated heterocycles. The number of fused-ring (bicyclic) bond motifs is 1. The van der Waals surface area contributed by atoms with Gasteiger partial charge in [-0.2, -0.15) is 0 Å². The SMILES string of the molecule is Cc1csc2nc(CSCC(=O)NC3CCCCCCC3)cc(=O)n12. The summed E-state index contributed by atoms with van der Waals surface area (Å²) in [5.74, 6) is 1.10. The van der Waals surface area contributed by atoms with Crippen molar-refractivity contribution in [2.75, 3.05) is 5.75 Å². The number of thiazole rings is 1. The number of nitrogens with zero attached hydrogens (tertiary/aromatic N) is 2. The lowest BCUT2D eigenvalue weighted by molar-refractivity contribution is -0.119. The summed E-state index contributed by atoms with van der Waals surface area (Å²) >= 11 is 2.99. The number of nitrogens with one attached hydrogen (secondary N) is 1. The van der Waals surface area contributed by atoms with E-state index in [0.717, 1.165) is 29.2 Å². The molecule has 1 aliphatic rings. The summed E-state index contributed by atoms with van der Waals surface area (Å²) in [5, 5.41) is 5.11. The molecule has 1 fully saturated rings. The number of hydrogen-bond acceptors (Lipinski definition) is 5. The van der Waals surface area contributed by atoms with Crippen LogP contribution in [0, 0.1) is 6.92 Å². The van der Waals surface area contributed by atoms with Gasteiger partial charge in [0.2, 0.25) is 5.91 Å². The summed E-state index contributed by atoms with van der Waals surface area (Å²) in [6.45, 7) is 1.90. The zero-order valence-corrected chi connectivity index (χ0v) is 16.3. The van der Waals surface area contributed by atoms with Gasteiger partial charge in [0.1, 0.15) is 0 Å². The van der Waals surface area contributed by atoms with Crippen LogP contribution in [0.5, 0.6) is 0 Å². The zero-order chi connectivity index (χ0) is 17.6. The summed E-state index contributed by atoms with van der Waals surface area (Å²) in [5.41, 5.74) is 1.62. The van der Waals surface area contributed by atoms with E-state index in [0.29, 0.717) is 17.5 Å². The van der Waals surface area contributed by atoms with E-state index in [1.165, 1.54) is 55.2 Å². The maximum Gasteiger partial charge on any atom is 0.258 e. The molecule has 0 spiro atoms. The fraction of sp³-hybridized carbons (Fsp3) is 0.611. The minimum absolute atomic E-state index is 0.0432. The summed E-state index contributed by atoms with van der Waals surface area (Å²) in [4.78, 5) is 29.6. The molecule has 1 amide bonds. The Kier molecular flexibility index (Phi) is 6.53. The van der Waals surface area contributed by atoms with Crippen molar-refractivity contribution in [1.82, 2.24) is 14.7 Å². The number of rotatable bonds is 5. The van der Waals surface area contributed by atoms with Crippen LogP contribution in [0.15, 0.2) is 16.2 Å². The van der Waals surface area contributed by atoms with E-state index in [9.17, 15) is 9.59 Å². The van der Waals surface area contributed by atoms with Gasteiger partial charge in [-0.25, -0.2) is 4.98 Å². The lowest BCUT2D eigenvalue weighted by Gasteiger charge is -2.20. The first-order valence-electron chi connectivity index (χ1n) is 8.97. The monoisotopic (exact) mass is 379 g/mol. The van der Waals surface area contributed by atoms with Crippen molar-refractivity contribution in [3.63, 3.8) is 0 Å². The number of aryl methyl sites for hydroxylation is 1. The number of aromatic nitrogens is 2. The second kappa shape index (κ2) is 8.85. The minimum atomic E-state index is -0.0432. The van der Waals surface area contributed by atoms with Crippen LogP contribution >= 0.6 is 23.1 Å². The lowest BCUT2D eigenvalue weighted by Crippen LogP contribution is -2.36. The van der Waals surface area contributed by atoms with E-state index >= 15 is 0 Å². The van der Waals surface area contributed by atoms with Crippen LogP contribution in [0.2, 0.25) is 0 Å². The smallest absolute Gasteiger partial charge is 0.258 e. The van der Waals surface area contributed by atoms with Gasteiger partial charge in [-0.15, -0.1) is 23.1 Å². The summed E-state index contributed by atoms with van der Waals surface area (Å²) in [7, 11) is 0. The second-order valence-corrected chi connectivity index (χ2v) is 8.51. The Morgan fingerprint density at radius 1 is 1.32 bits per heavy atom. The van der Waals surface area contributed by atoms with E-state index in [4.69, 9.17) is 0 Å². The van der Waals surface area contributed by atoms with Crippen LogP contribution in [-0.2, 0) is 10.5 Å². The largest absolute Gasteiger partial charge is 0.353 e. The average molecular weight is 380 g/mol. The fourth-order valence-corrected chi connectivity index (χ4v) is 4.91. The maximum atomic E-state index is 12.2. The van der Waals surface area contributed by atoms with Gasteiger partial charge in [0, 0.05) is 28.9 Å². The van der Waals surface area contributed by atoms with E-state index in [-0.39, 0.29) is 11.5 Å². The first-order chi connectivity index (χ1) is 12.1.